The van der Waals surface area contributed by atoms with Crippen LogP contribution < -0.4 is 0 Å². The molecule has 1 rings (SSSR count). The van der Waals surface area contributed by atoms with Crippen LogP contribution in [0.1, 0.15) is 6.92 Å². The van der Waals surface area contributed by atoms with E-state index in [-0.39, 0.29) is 24.1 Å². The molecule has 0 saturated heterocycles. The summed E-state index contributed by atoms with van der Waals surface area (Å²) >= 11 is 0. The van der Waals surface area contributed by atoms with Crippen molar-refractivity contribution in [1.82, 2.24) is 0 Å². The van der Waals surface area contributed by atoms with Crippen molar-refractivity contribution in [2.45, 2.75) is 6.92 Å². The molecule has 13 heavy (non-hydrogen) atoms. The highest BCUT2D eigenvalue weighted by Gasteiger charge is 2.13. The van der Waals surface area contributed by atoms with Gasteiger partial charge in [-0.2, -0.15) is 0 Å². The van der Waals surface area contributed by atoms with Gasteiger partial charge in [-0.25, -0.2) is 0 Å². The Morgan fingerprint density at radius 3 is 2.77 bits per heavy atom. The quantitative estimate of drug-likeness (QED) is 0.362. The molecule has 0 aromatic carbocycles. The summed E-state index contributed by atoms with van der Waals surface area (Å²) in [6, 6.07) is 0. The third kappa shape index (κ3) is 2.83. The third-order valence-electron chi connectivity index (χ3n) is 1.42. The SMILES string of the molecule is CCOCOC1=CC(=O)C=CC1=O. The Morgan fingerprint density at radius 1 is 1.31 bits per heavy atom. The molecule has 0 aromatic rings. The zero-order valence-electron chi connectivity index (χ0n) is 7.28. The Bertz CT molecular complexity index is 275. The van der Waals surface area contributed by atoms with Crippen LogP contribution in [0.15, 0.2) is 24.0 Å². The number of hydrogen-bond acceptors (Lipinski definition) is 4. The first-order valence-corrected chi connectivity index (χ1v) is 3.92. The highest BCUT2D eigenvalue weighted by molar-refractivity contribution is 6.16. The van der Waals surface area contributed by atoms with Crippen LogP contribution in [-0.2, 0) is 19.1 Å². The summed E-state index contributed by atoms with van der Waals surface area (Å²) in [4.78, 5) is 21.9. The van der Waals surface area contributed by atoms with Crippen molar-refractivity contribution in [3.63, 3.8) is 0 Å². The molecule has 1 aliphatic rings. The largest absolute Gasteiger partial charge is 0.463 e. The van der Waals surface area contributed by atoms with Crippen molar-refractivity contribution in [3.05, 3.63) is 24.0 Å². The number of allylic oxidation sites excluding steroid dienone is 3. The fraction of sp³-hybridized carbons (Fsp3) is 0.333. The van der Waals surface area contributed by atoms with Crippen molar-refractivity contribution in [1.29, 1.82) is 0 Å². The minimum absolute atomic E-state index is 0.00477. The summed E-state index contributed by atoms with van der Waals surface area (Å²) in [5.74, 6) is -0.508. The maximum Gasteiger partial charge on any atom is 0.220 e. The highest BCUT2D eigenvalue weighted by atomic mass is 16.7. The number of ketones is 2. The van der Waals surface area contributed by atoms with Gasteiger partial charge in [0.15, 0.2) is 18.3 Å². The van der Waals surface area contributed by atoms with Crippen LogP contribution in [-0.4, -0.2) is 25.0 Å². The van der Waals surface area contributed by atoms with Crippen molar-refractivity contribution in [2.75, 3.05) is 13.4 Å². The molecule has 4 heteroatoms. The molecule has 0 atom stereocenters. The molecule has 0 spiro atoms. The van der Waals surface area contributed by atoms with E-state index in [1.807, 2.05) is 6.92 Å². The van der Waals surface area contributed by atoms with Gasteiger partial charge in [0.1, 0.15) is 0 Å². The molecule has 1 aliphatic carbocycles. The van der Waals surface area contributed by atoms with Gasteiger partial charge in [0.25, 0.3) is 0 Å². The lowest BCUT2D eigenvalue weighted by atomic mass is 10.1. The summed E-state index contributed by atoms with van der Waals surface area (Å²) in [7, 11) is 0. The maximum absolute atomic E-state index is 11.0. The van der Waals surface area contributed by atoms with E-state index in [0.29, 0.717) is 6.61 Å². The second-order valence-electron chi connectivity index (χ2n) is 2.36. The van der Waals surface area contributed by atoms with Gasteiger partial charge in [0.05, 0.1) is 0 Å². The maximum atomic E-state index is 11.0. The second-order valence-corrected chi connectivity index (χ2v) is 2.36. The van der Waals surface area contributed by atoms with Gasteiger partial charge in [-0.05, 0) is 19.1 Å². The van der Waals surface area contributed by atoms with E-state index in [0.717, 1.165) is 6.08 Å². The van der Waals surface area contributed by atoms with E-state index in [2.05, 4.69) is 0 Å². The molecule has 0 fully saturated rings. The van der Waals surface area contributed by atoms with E-state index in [1.165, 1.54) is 12.2 Å². The van der Waals surface area contributed by atoms with Gasteiger partial charge in [-0.3, -0.25) is 9.59 Å². The lowest BCUT2D eigenvalue weighted by Crippen LogP contribution is -2.12. The fourth-order valence-corrected chi connectivity index (χ4v) is 0.790. The zero-order chi connectivity index (χ0) is 9.68. The van der Waals surface area contributed by atoms with Gasteiger partial charge in [0.2, 0.25) is 5.78 Å². The molecule has 0 heterocycles. The van der Waals surface area contributed by atoms with Gasteiger partial charge in [-0.1, -0.05) is 0 Å². The lowest BCUT2D eigenvalue weighted by Gasteiger charge is -2.08. The lowest BCUT2D eigenvalue weighted by molar-refractivity contribution is -0.119. The van der Waals surface area contributed by atoms with E-state index in [1.54, 1.807) is 0 Å². The van der Waals surface area contributed by atoms with Crippen LogP contribution >= 0.6 is 0 Å². The Balaban J connectivity index is 2.48. The number of carbonyl (C=O) groups is 2. The van der Waals surface area contributed by atoms with E-state index < -0.39 is 0 Å². The fourth-order valence-electron chi connectivity index (χ4n) is 0.790. The number of rotatable bonds is 4. The zero-order valence-corrected chi connectivity index (χ0v) is 7.28. The van der Waals surface area contributed by atoms with Crippen molar-refractivity contribution in [3.8, 4) is 0 Å². The van der Waals surface area contributed by atoms with Crippen LogP contribution in [0.3, 0.4) is 0 Å². The van der Waals surface area contributed by atoms with Gasteiger partial charge in [-0.15, -0.1) is 0 Å². The van der Waals surface area contributed by atoms with Crippen molar-refractivity contribution in [2.24, 2.45) is 0 Å². The minimum Gasteiger partial charge on any atom is -0.463 e. The summed E-state index contributed by atoms with van der Waals surface area (Å²) in [6.07, 6.45) is 3.54. The Kier molecular flexibility index (Phi) is 3.40. The predicted octanol–water partition coefficient (Wildman–Crippen LogP) is 0.589. The highest BCUT2D eigenvalue weighted by Crippen LogP contribution is 2.06. The summed E-state index contributed by atoms with van der Waals surface area (Å²) in [5, 5.41) is 0. The van der Waals surface area contributed by atoms with E-state index in [4.69, 9.17) is 9.47 Å². The summed E-state index contributed by atoms with van der Waals surface area (Å²) in [6.45, 7) is 2.31. The average molecular weight is 182 g/mol. The van der Waals surface area contributed by atoms with Crippen LogP contribution in [0.4, 0.5) is 0 Å². The number of carbonyl (C=O) groups excluding carboxylic acids is 2. The van der Waals surface area contributed by atoms with Gasteiger partial charge >= 0.3 is 0 Å². The predicted molar refractivity (Wildman–Crippen MR) is 44.8 cm³/mol. The average Bonchev–Trinajstić information content (AvgIpc) is 2.11. The standard InChI is InChI=1S/C9H10O4/c1-2-12-6-13-9-5-7(10)3-4-8(9)11/h3-5H,2,6H2,1H3. The van der Waals surface area contributed by atoms with Crippen LogP contribution in [0.5, 0.6) is 0 Å². The summed E-state index contributed by atoms with van der Waals surface area (Å²) < 4.78 is 9.79. The van der Waals surface area contributed by atoms with Crippen LogP contribution in [0.2, 0.25) is 0 Å². The summed E-state index contributed by atoms with van der Waals surface area (Å²) in [5.41, 5.74) is 0. The van der Waals surface area contributed by atoms with Crippen LogP contribution in [0.25, 0.3) is 0 Å². The van der Waals surface area contributed by atoms with Gasteiger partial charge in [0, 0.05) is 12.7 Å². The first-order valence-electron chi connectivity index (χ1n) is 3.92. The van der Waals surface area contributed by atoms with E-state index in [9.17, 15) is 9.59 Å². The molecule has 0 aliphatic heterocycles. The minimum atomic E-state index is -0.306. The smallest absolute Gasteiger partial charge is 0.220 e. The topological polar surface area (TPSA) is 52.6 Å². The molecule has 0 aromatic heterocycles. The Hall–Kier alpha value is -1.42. The number of ether oxygens (including phenoxy) is 2. The first-order chi connectivity index (χ1) is 6.24. The normalized spacial score (nSPS) is 15.9. The van der Waals surface area contributed by atoms with Gasteiger partial charge < -0.3 is 9.47 Å². The first kappa shape index (κ1) is 9.67. The second kappa shape index (κ2) is 4.57. The molecule has 0 saturated carbocycles. The molecular formula is C9H10O4. The Labute approximate surface area is 75.8 Å². The molecule has 0 amide bonds. The molecule has 0 N–H and O–H groups in total. The molecule has 0 radical (unpaired) electrons. The monoisotopic (exact) mass is 182 g/mol. The molecule has 0 bridgehead atoms. The van der Waals surface area contributed by atoms with Crippen molar-refractivity contribution >= 4 is 11.6 Å². The number of hydrogen-bond donors (Lipinski definition) is 0. The molecule has 70 valence electrons. The Morgan fingerprint density at radius 2 is 2.08 bits per heavy atom. The van der Waals surface area contributed by atoms with Crippen molar-refractivity contribution < 1.29 is 19.1 Å². The molecule has 0 unspecified atom stereocenters. The molecule has 4 nitrogen and oxygen atoms in total. The van der Waals surface area contributed by atoms with Crippen LogP contribution in [0, 0.1) is 0 Å². The van der Waals surface area contributed by atoms with E-state index >= 15 is 0 Å². The third-order valence-corrected chi connectivity index (χ3v) is 1.42. The molecular weight excluding hydrogens is 172 g/mol.